The highest BCUT2D eigenvalue weighted by Crippen LogP contribution is 2.41. The van der Waals surface area contributed by atoms with Crippen molar-refractivity contribution in [3.8, 4) is 0 Å². The standard InChI is InChI=1S/C9H18N2/c10-8-6-4-2-1-3-5-7(6)9(8)11/h6-9H,1-5,10-11H2. The Morgan fingerprint density at radius 3 is 1.64 bits per heavy atom. The highest BCUT2D eigenvalue weighted by Gasteiger charge is 2.45. The van der Waals surface area contributed by atoms with Crippen molar-refractivity contribution < 1.29 is 0 Å². The molecule has 4 atom stereocenters. The van der Waals surface area contributed by atoms with Crippen LogP contribution in [0.15, 0.2) is 0 Å². The monoisotopic (exact) mass is 154 g/mol. The average Bonchev–Trinajstić information content (AvgIpc) is 2.25. The van der Waals surface area contributed by atoms with E-state index in [1.54, 1.807) is 0 Å². The van der Waals surface area contributed by atoms with Gasteiger partial charge in [-0.25, -0.2) is 0 Å². The van der Waals surface area contributed by atoms with Crippen LogP contribution in [0.5, 0.6) is 0 Å². The molecule has 64 valence electrons. The van der Waals surface area contributed by atoms with Gasteiger partial charge < -0.3 is 11.5 Å². The van der Waals surface area contributed by atoms with Gasteiger partial charge in [0.1, 0.15) is 0 Å². The molecule has 0 amide bonds. The average molecular weight is 154 g/mol. The minimum atomic E-state index is 0.318. The van der Waals surface area contributed by atoms with E-state index < -0.39 is 0 Å². The molecule has 0 aromatic heterocycles. The Balaban J connectivity index is 1.99. The molecule has 4 N–H and O–H groups in total. The van der Waals surface area contributed by atoms with Crippen LogP contribution in [0.1, 0.15) is 32.1 Å². The molecule has 2 aliphatic rings. The third-order valence-corrected chi connectivity index (χ3v) is 3.56. The van der Waals surface area contributed by atoms with Gasteiger partial charge in [-0.05, 0) is 24.7 Å². The van der Waals surface area contributed by atoms with Gasteiger partial charge in [-0.15, -0.1) is 0 Å². The molecule has 2 nitrogen and oxygen atoms in total. The van der Waals surface area contributed by atoms with Crippen LogP contribution in [0.4, 0.5) is 0 Å². The van der Waals surface area contributed by atoms with Crippen molar-refractivity contribution in [3.63, 3.8) is 0 Å². The summed E-state index contributed by atoms with van der Waals surface area (Å²) < 4.78 is 0. The molecule has 0 saturated heterocycles. The lowest BCUT2D eigenvalue weighted by atomic mass is 9.63. The molecule has 0 heterocycles. The van der Waals surface area contributed by atoms with Gasteiger partial charge in [0.2, 0.25) is 0 Å². The van der Waals surface area contributed by atoms with E-state index in [4.69, 9.17) is 11.5 Å². The van der Waals surface area contributed by atoms with Crippen LogP contribution in [-0.2, 0) is 0 Å². The van der Waals surface area contributed by atoms with Crippen LogP contribution in [0.25, 0.3) is 0 Å². The van der Waals surface area contributed by atoms with Crippen molar-refractivity contribution >= 4 is 0 Å². The summed E-state index contributed by atoms with van der Waals surface area (Å²) in [5.41, 5.74) is 11.8. The van der Waals surface area contributed by atoms with E-state index in [1.165, 1.54) is 32.1 Å². The normalized spacial score (nSPS) is 50.7. The number of nitrogens with two attached hydrogens (primary N) is 2. The number of fused-ring (bicyclic) bond motifs is 1. The highest BCUT2D eigenvalue weighted by molar-refractivity contribution is 5.03. The zero-order chi connectivity index (χ0) is 7.84. The summed E-state index contributed by atoms with van der Waals surface area (Å²) >= 11 is 0. The smallest absolute Gasteiger partial charge is 0.0227 e. The Morgan fingerprint density at radius 2 is 1.18 bits per heavy atom. The van der Waals surface area contributed by atoms with Gasteiger partial charge >= 0.3 is 0 Å². The second-order valence-electron chi connectivity index (χ2n) is 4.12. The van der Waals surface area contributed by atoms with Crippen molar-refractivity contribution in [1.29, 1.82) is 0 Å². The van der Waals surface area contributed by atoms with E-state index in [-0.39, 0.29) is 0 Å². The maximum atomic E-state index is 5.92. The Hall–Kier alpha value is -0.0800. The fraction of sp³-hybridized carbons (Fsp3) is 1.00. The lowest BCUT2D eigenvalue weighted by Gasteiger charge is -2.48. The minimum absolute atomic E-state index is 0.318. The molecule has 0 aromatic rings. The molecule has 2 fully saturated rings. The van der Waals surface area contributed by atoms with Crippen molar-refractivity contribution in [2.24, 2.45) is 23.3 Å². The fourth-order valence-corrected chi connectivity index (χ4v) is 2.75. The third-order valence-electron chi connectivity index (χ3n) is 3.56. The fourth-order valence-electron chi connectivity index (χ4n) is 2.75. The molecule has 0 spiro atoms. The second-order valence-corrected chi connectivity index (χ2v) is 4.12. The molecule has 0 aliphatic heterocycles. The van der Waals surface area contributed by atoms with Crippen molar-refractivity contribution in [2.75, 3.05) is 0 Å². The molecule has 0 aromatic carbocycles. The number of rotatable bonds is 0. The Morgan fingerprint density at radius 1 is 0.727 bits per heavy atom. The van der Waals surface area contributed by atoms with Gasteiger partial charge in [-0.2, -0.15) is 0 Å². The first-order chi connectivity index (χ1) is 5.30. The summed E-state index contributed by atoms with van der Waals surface area (Å²) in [6.07, 6.45) is 6.81. The predicted octanol–water partition coefficient (Wildman–Crippen LogP) is 0.851. The Labute approximate surface area is 68.3 Å². The van der Waals surface area contributed by atoms with E-state index in [0.717, 1.165) is 11.8 Å². The summed E-state index contributed by atoms with van der Waals surface area (Å²) in [6, 6.07) is 0.635. The summed E-state index contributed by atoms with van der Waals surface area (Å²) in [5.74, 6) is 1.54. The molecule has 2 saturated carbocycles. The maximum Gasteiger partial charge on any atom is 0.0227 e. The molecule has 2 heteroatoms. The SMILES string of the molecule is NC1C(N)C2CCCCCC12. The minimum Gasteiger partial charge on any atom is -0.326 e. The van der Waals surface area contributed by atoms with Crippen molar-refractivity contribution in [2.45, 2.75) is 44.2 Å². The molecular formula is C9H18N2. The quantitative estimate of drug-likeness (QED) is 0.543. The molecule has 4 unspecified atom stereocenters. The Kier molecular flexibility index (Phi) is 1.90. The molecule has 2 rings (SSSR count). The van der Waals surface area contributed by atoms with Gasteiger partial charge in [0.15, 0.2) is 0 Å². The van der Waals surface area contributed by atoms with E-state index >= 15 is 0 Å². The van der Waals surface area contributed by atoms with E-state index in [2.05, 4.69) is 0 Å². The lowest BCUT2D eigenvalue weighted by Crippen LogP contribution is -2.64. The zero-order valence-corrected chi connectivity index (χ0v) is 7.00. The first-order valence-electron chi connectivity index (χ1n) is 4.82. The molecule has 0 radical (unpaired) electrons. The van der Waals surface area contributed by atoms with Gasteiger partial charge in [-0.1, -0.05) is 19.3 Å². The molecule has 2 aliphatic carbocycles. The van der Waals surface area contributed by atoms with Crippen LogP contribution < -0.4 is 11.5 Å². The summed E-state index contributed by atoms with van der Waals surface area (Å²) in [6.45, 7) is 0. The van der Waals surface area contributed by atoms with Gasteiger partial charge in [-0.3, -0.25) is 0 Å². The first-order valence-corrected chi connectivity index (χ1v) is 4.82. The molecule has 11 heavy (non-hydrogen) atoms. The van der Waals surface area contributed by atoms with Crippen LogP contribution >= 0.6 is 0 Å². The van der Waals surface area contributed by atoms with Crippen molar-refractivity contribution in [1.82, 2.24) is 0 Å². The number of hydrogen-bond donors (Lipinski definition) is 2. The van der Waals surface area contributed by atoms with Gasteiger partial charge in [0, 0.05) is 12.1 Å². The summed E-state index contributed by atoms with van der Waals surface area (Å²) in [7, 11) is 0. The van der Waals surface area contributed by atoms with E-state index in [9.17, 15) is 0 Å². The van der Waals surface area contributed by atoms with Crippen LogP contribution in [0, 0.1) is 11.8 Å². The maximum absolute atomic E-state index is 5.92. The van der Waals surface area contributed by atoms with Crippen LogP contribution in [0.2, 0.25) is 0 Å². The van der Waals surface area contributed by atoms with E-state index in [1.807, 2.05) is 0 Å². The van der Waals surface area contributed by atoms with Crippen LogP contribution in [0.3, 0.4) is 0 Å². The van der Waals surface area contributed by atoms with Crippen molar-refractivity contribution in [3.05, 3.63) is 0 Å². The third kappa shape index (κ3) is 1.09. The number of hydrogen-bond acceptors (Lipinski definition) is 2. The van der Waals surface area contributed by atoms with Gasteiger partial charge in [0.05, 0.1) is 0 Å². The van der Waals surface area contributed by atoms with Crippen LogP contribution in [-0.4, -0.2) is 12.1 Å². The first kappa shape index (κ1) is 7.56. The lowest BCUT2D eigenvalue weighted by molar-refractivity contribution is 0.0894. The Bertz CT molecular complexity index is 130. The molecular weight excluding hydrogens is 136 g/mol. The summed E-state index contributed by atoms with van der Waals surface area (Å²) in [5, 5.41) is 0. The predicted molar refractivity (Wildman–Crippen MR) is 46.0 cm³/mol. The van der Waals surface area contributed by atoms with E-state index in [0.29, 0.717) is 12.1 Å². The van der Waals surface area contributed by atoms with Gasteiger partial charge in [0.25, 0.3) is 0 Å². The molecule has 0 bridgehead atoms. The zero-order valence-electron chi connectivity index (χ0n) is 7.00. The second kappa shape index (κ2) is 2.76. The highest BCUT2D eigenvalue weighted by atomic mass is 14.9. The topological polar surface area (TPSA) is 52.0 Å². The summed E-state index contributed by atoms with van der Waals surface area (Å²) in [4.78, 5) is 0. The largest absolute Gasteiger partial charge is 0.326 e.